The first-order valence-corrected chi connectivity index (χ1v) is 7.50. The number of para-hydroxylation sites is 1. The van der Waals surface area contributed by atoms with E-state index in [0.29, 0.717) is 30.8 Å². The summed E-state index contributed by atoms with van der Waals surface area (Å²) in [6.07, 6.45) is 4.52. The van der Waals surface area contributed by atoms with Crippen LogP contribution in [0.2, 0.25) is 0 Å². The highest BCUT2D eigenvalue weighted by molar-refractivity contribution is 5.98. The number of unbranched alkanes of at least 4 members (excludes halogenated alkanes) is 3. The van der Waals surface area contributed by atoms with Gasteiger partial charge in [-0.1, -0.05) is 25.0 Å². The number of carbonyl (C=O) groups is 2. The van der Waals surface area contributed by atoms with E-state index in [1.165, 1.54) is 0 Å². The maximum atomic E-state index is 12.1. The minimum atomic E-state index is -0.136. The number of esters is 1. The Morgan fingerprint density at radius 2 is 1.67 bits per heavy atom. The van der Waals surface area contributed by atoms with Crippen LogP contribution in [0.3, 0.4) is 0 Å². The maximum absolute atomic E-state index is 12.1. The lowest BCUT2D eigenvalue weighted by Crippen LogP contribution is -2.03. The first kappa shape index (κ1) is 17.2. The van der Waals surface area contributed by atoms with Gasteiger partial charge in [-0.2, -0.15) is 0 Å². The Morgan fingerprint density at radius 1 is 1.00 bits per heavy atom. The number of hydrogen-bond acceptors (Lipinski definition) is 4. The molecule has 0 aromatic heterocycles. The zero-order valence-electron chi connectivity index (χ0n) is 12.9. The van der Waals surface area contributed by atoms with E-state index in [4.69, 9.17) is 9.47 Å². The second kappa shape index (κ2) is 9.97. The van der Waals surface area contributed by atoms with E-state index in [1.807, 2.05) is 12.1 Å². The van der Waals surface area contributed by atoms with Crippen molar-refractivity contribution in [1.82, 2.24) is 0 Å². The molecule has 0 atom stereocenters. The highest BCUT2D eigenvalue weighted by atomic mass is 16.5. The summed E-state index contributed by atoms with van der Waals surface area (Å²) in [7, 11) is 1.57. The van der Waals surface area contributed by atoms with Crippen molar-refractivity contribution in [2.75, 3.05) is 13.7 Å². The number of Topliss-reactive ketones (excluding diaryl/α,β-unsaturated/α-hetero) is 1. The van der Waals surface area contributed by atoms with E-state index < -0.39 is 0 Å². The quantitative estimate of drug-likeness (QED) is 0.374. The van der Waals surface area contributed by atoms with Gasteiger partial charge in [0.1, 0.15) is 5.75 Å². The Hall–Kier alpha value is -1.84. The number of methoxy groups -OCH3 is 1. The Labute approximate surface area is 126 Å². The molecule has 0 heterocycles. The van der Waals surface area contributed by atoms with Gasteiger partial charge in [-0.3, -0.25) is 9.59 Å². The van der Waals surface area contributed by atoms with Gasteiger partial charge in [-0.15, -0.1) is 0 Å². The fourth-order valence-electron chi connectivity index (χ4n) is 2.15. The smallest absolute Gasteiger partial charge is 0.305 e. The standard InChI is InChI=1S/C17H24O4/c1-3-21-17(19)13-7-5-4-6-11-15(18)14-10-8-9-12-16(14)20-2/h8-10,12H,3-7,11,13H2,1-2H3. The molecule has 4 nitrogen and oxygen atoms in total. The zero-order valence-corrected chi connectivity index (χ0v) is 12.9. The third-order valence-corrected chi connectivity index (χ3v) is 3.25. The lowest BCUT2D eigenvalue weighted by Gasteiger charge is -2.07. The molecule has 0 saturated carbocycles. The van der Waals surface area contributed by atoms with Crippen molar-refractivity contribution < 1.29 is 19.1 Å². The van der Waals surface area contributed by atoms with E-state index in [0.717, 1.165) is 25.7 Å². The average molecular weight is 292 g/mol. The highest BCUT2D eigenvalue weighted by Crippen LogP contribution is 2.20. The first-order valence-electron chi connectivity index (χ1n) is 7.50. The lowest BCUT2D eigenvalue weighted by atomic mass is 10.0. The lowest BCUT2D eigenvalue weighted by molar-refractivity contribution is -0.143. The largest absolute Gasteiger partial charge is 0.496 e. The summed E-state index contributed by atoms with van der Waals surface area (Å²) in [5, 5.41) is 0. The van der Waals surface area contributed by atoms with Crippen LogP contribution in [0, 0.1) is 0 Å². The van der Waals surface area contributed by atoms with Crippen LogP contribution >= 0.6 is 0 Å². The molecular weight excluding hydrogens is 268 g/mol. The van der Waals surface area contributed by atoms with E-state index in [1.54, 1.807) is 26.2 Å². The van der Waals surface area contributed by atoms with Gasteiger partial charge in [0.2, 0.25) is 0 Å². The average Bonchev–Trinajstić information content (AvgIpc) is 2.50. The Balaban J connectivity index is 2.21. The summed E-state index contributed by atoms with van der Waals surface area (Å²) >= 11 is 0. The number of ketones is 1. The van der Waals surface area contributed by atoms with Crippen LogP contribution in [0.15, 0.2) is 24.3 Å². The van der Waals surface area contributed by atoms with Crippen LogP contribution in [0.5, 0.6) is 5.75 Å². The van der Waals surface area contributed by atoms with E-state index in [9.17, 15) is 9.59 Å². The van der Waals surface area contributed by atoms with Gasteiger partial charge in [-0.05, 0) is 31.9 Å². The topological polar surface area (TPSA) is 52.6 Å². The molecule has 0 aliphatic rings. The summed E-state index contributed by atoms with van der Waals surface area (Å²) in [5.41, 5.74) is 0.645. The number of ether oxygens (including phenoxy) is 2. The van der Waals surface area contributed by atoms with Crippen LogP contribution in [0.4, 0.5) is 0 Å². The molecule has 0 unspecified atom stereocenters. The molecule has 0 bridgehead atoms. The minimum Gasteiger partial charge on any atom is -0.496 e. The van der Waals surface area contributed by atoms with Crippen molar-refractivity contribution in [1.29, 1.82) is 0 Å². The number of hydrogen-bond donors (Lipinski definition) is 0. The van der Waals surface area contributed by atoms with Gasteiger partial charge in [-0.25, -0.2) is 0 Å². The fraction of sp³-hybridized carbons (Fsp3) is 0.529. The zero-order chi connectivity index (χ0) is 15.5. The molecule has 0 N–H and O–H groups in total. The molecule has 0 aliphatic carbocycles. The number of carbonyl (C=O) groups excluding carboxylic acids is 2. The summed E-state index contributed by atoms with van der Waals surface area (Å²) in [6.45, 7) is 2.24. The van der Waals surface area contributed by atoms with Crippen molar-refractivity contribution in [2.24, 2.45) is 0 Å². The molecule has 0 fully saturated rings. The van der Waals surface area contributed by atoms with Gasteiger partial charge in [0, 0.05) is 12.8 Å². The molecule has 0 spiro atoms. The summed E-state index contributed by atoms with van der Waals surface area (Å²) in [4.78, 5) is 23.2. The Kier molecular flexibility index (Phi) is 8.17. The SMILES string of the molecule is CCOC(=O)CCCCCCC(=O)c1ccccc1OC. The molecule has 4 heteroatoms. The van der Waals surface area contributed by atoms with Crippen molar-refractivity contribution >= 4 is 11.8 Å². The highest BCUT2D eigenvalue weighted by Gasteiger charge is 2.10. The second-order valence-electron chi connectivity index (χ2n) is 4.84. The second-order valence-corrected chi connectivity index (χ2v) is 4.84. The summed E-state index contributed by atoms with van der Waals surface area (Å²) in [6, 6.07) is 7.29. The normalized spacial score (nSPS) is 10.2. The third kappa shape index (κ3) is 6.43. The van der Waals surface area contributed by atoms with Crippen molar-refractivity contribution in [3.8, 4) is 5.75 Å². The first-order chi connectivity index (χ1) is 10.2. The molecule has 0 aliphatic heterocycles. The van der Waals surface area contributed by atoms with Gasteiger partial charge in [0.05, 0.1) is 19.3 Å². The monoisotopic (exact) mass is 292 g/mol. The predicted molar refractivity (Wildman–Crippen MR) is 81.7 cm³/mol. The maximum Gasteiger partial charge on any atom is 0.305 e. The molecule has 0 saturated heterocycles. The van der Waals surface area contributed by atoms with Crippen LogP contribution in [0.1, 0.15) is 55.8 Å². The van der Waals surface area contributed by atoms with Gasteiger partial charge < -0.3 is 9.47 Å². The Bertz CT molecular complexity index is 454. The predicted octanol–water partition coefficient (Wildman–Crippen LogP) is 3.78. The van der Waals surface area contributed by atoms with E-state index >= 15 is 0 Å². The molecule has 1 rings (SSSR count). The van der Waals surface area contributed by atoms with E-state index in [-0.39, 0.29) is 11.8 Å². The molecule has 116 valence electrons. The number of benzene rings is 1. The van der Waals surface area contributed by atoms with Gasteiger partial charge in [0.15, 0.2) is 5.78 Å². The number of rotatable bonds is 10. The molecule has 1 aromatic carbocycles. The van der Waals surface area contributed by atoms with E-state index in [2.05, 4.69) is 0 Å². The molecule has 0 amide bonds. The van der Waals surface area contributed by atoms with Crippen molar-refractivity contribution in [3.05, 3.63) is 29.8 Å². The third-order valence-electron chi connectivity index (χ3n) is 3.25. The summed E-state index contributed by atoms with van der Waals surface area (Å²) < 4.78 is 10.1. The molecule has 0 radical (unpaired) electrons. The summed E-state index contributed by atoms with van der Waals surface area (Å²) in [5.74, 6) is 0.602. The van der Waals surface area contributed by atoms with Crippen molar-refractivity contribution in [3.63, 3.8) is 0 Å². The van der Waals surface area contributed by atoms with Crippen LogP contribution < -0.4 is 4.74 Å². The Morgan fingerprint density at radius 3 is 2.33 bits per heavy atom. The van der Waals surface area contributed by atoms with Crippen LogP contribution in [0.25, 0.3) is 0 Å². The molecule has 21 heavy (non-hydrogen) atoms. The fourth-order valence-corrected chi connectivity index (χ4v) is 2.15. The molecular formula is C17H24O4. The molecule has 1 aromatic rings. The van der Waals surface area contributed by atoms with Gasteiger partial charge in [0.25, 0.3) is 0 Å². The van der Waals surface area contributed by atoms with Gasteiger partial charge >= 0.3 is 5.97 Å². The minimum absolute atomic E-state index is 0.109. The van der Waals surface area contributed by atoms with Crippen molar-refractivity contribution in [2.45, 2.75) is 45.4 Å². The van der Waals surface area contributed by atoms with Crippen LogP contribution in [-0.2, 0) is 9.53 Å². The van der Waals surface area contributed by atoms with Crippen LogP contribution in [-0.4, -0.2) is 25.5 Å².